The number of carbonyl (C=O) groups excluding carboxylic acids is 1. The van der Waals surface area contributed by atoms with Gasteiger partial charge in [-0.1, -0.05) is 36.4 Å². The summed E-state index contributed by atoms with van der Waals surface area (Å²) in [5, 5.41) is 5.10. The van der Waals surface area contributed by atoms with E-state index in [1.807, 2.05) is 60.8 Å². The summed E-state index contributed by atoms with van der Waals surface area (Å²) in [6.07, 6.45) is 4.17. The minimum absolute atomic E-state index is 0.0324. The number of carbonyl (C=O) groups is 1. The fourth-order valence-corrected chi connectivity index (χ4v) is 2.69. The summed E-state index contributed by atoms with van der Waals surface area (Å²) in [6.45, 7) is 0.469. The third-order valence-corrected chi connectivity index (χ3v) is 3.88. The molecule has 3 aromatic rings. The molecule has 1 atom stereocenters. The van der Waals surface area contributed by atoms with Gasteiger partial charge >= 0.3 is 0 Å². The van der Waals surface area contributed by atoms with E-state index < -0.39 is 0 Å². The van der Waals surface area contributed by atoms with Crippen LogP contribution in [-0.2, 0) is 4.79 Å². The SMILES string of the molecule is NCCC(C(=O)Nc1ccc2cnccc2c1)c1ccccc1. The third-order valence-electron chi connectivity index (χ3n) is 3.88. The van der Waals surface area contributed by atoms with Crippen LogP contribution in [0.5, 0.6) is 0 Å². The van der Waals surface area contributed by atoms with E-state index in [1.54, 1.807) is 6.20 Å². The van der Waals surface area contributed by atoms with Crippen molar-refractivity contribution < 1.29 is 4.79 Å². The number of nitrogens with zero attached hydrogens (tertiary/aromatic N) is 1. The van der Waals surface area contributed by atoms with Gasteiger partial charge in [0, 0.05) is 23.5 Å². The Morgan fingerprint density at radius 3 is 2.70 bits per heavy atom. The van der Waals surface area contributed by atoms with Crippen LogP contribution in [-0.4, -0.2) is 17.4 Å². The molecule has 0 aliphatic carbocycles. The molecule has 3 rings (SSSR count). The molecule has 116 valence electrons. The van der Waals surface area contributed by atoms with Gasteiger partial charge in [0.15, 0.2) is 0 Å². The Hall–Kier alpha value is -2.72. The lowest BCUT2D eigenvalue weighted by Crippen LogP contribution is -2.23. The maximum Gasteiger partial charge on any atom is 0.231 e. The van der Waals surface area contributed by atoms with Crippen LogP contribution in [0.3, 0.4) is 0 Å². The van der Waals surface area contributed by atoms with Crippen LogP contribution >= 0.6 is 0 Å². The molecule has 0 saturated heterocycles. The quantitative estimate of drug-likeness (QED) is 0.760. The van der Waals surface area contributed by atoms with E-state index >= 15 is 0 Å². The highest BCUT2D eigenvalue weighted by Crippen LogP contribution is 2.23. The second kappa shape index (κ2) is 7.03. The van der Waals surface area contributed by atoms with Gasteiger partial charge in [0.25, 0.3) is 0 Å². The molecule has 1 amide bonds. The van der Waals surface area contributed by atoms with E-state index in [4.69, 9.17) is 5.73 Å². The predicted molar refractivity (Wildman–Crippen MR) is 93.2 cm³/mol. The molecule has 0 saturated carbocycles. The van der Waals surface area contributed by atoms with E-state index in [2.05, 4.69) is 10.3 Å². The van der Waals surface area contributed by atoms with Gasteiger partial charge in [0.1, 0.15) is 0 Å². The van der Waals surface area contributed by atoms with Gasteiger partial charge in [-0.15, -0.1) is 0 Å². The topological polar surface area (TPSA) is 68.0 Å². The Morgan fingerprint density at radius 2 is 1.91 bits per heavy atom. The number of nitrogens with one attached hydrogen (secondary N) is 1. The molecule has 4 nitrogen and oxygen atoms in total. The number of hydrogen-bond acceptors (Lipinski definition) is 3. The summed E-state index contributed by atoms with van der Waals surface area (Å²) < 4.78 is 0. The van der Waals surface area contributed by atoms with Gasteiger partial charge < -0.3 is 11.1 Å². The van der Waals surface area contributed by atoms with Crippen LogP contribution in [0, 0.1) is 0 Å². The Labute approximate surface area is 135 Å². The molecule has 2 aromatic carbocycles. The molecule has 0 fully saturated rings. The van der Waals surface area contributed by atoms with Gasteiger partial charge in [-0.25, -0.2) is 0 Å². The first-order chi connectivity index (χ1) is 11.3. The van der Waals surface area contributed by atoms with Crippen molar-refractivity contribution in [3.8, 4) is 0 Å². The van der Waals surface area contributed by atoms with Crippen LogP contribution in [0.1, 0.15) is 17.9 Å². The van der Waals surface area contributed by atoms with Crippen LogP contribution < -0.4 is 11.1 Å². The Morgan fingerprint density at radius 1 is 1.09 bits per heavy atom. The van der Waals surface area contributed by atoms with Crippen LogP contribution in [0.4, 0.5) is 5.69 Å². The minimum atomic E-state index is -0.241. The number of fused-ring (bicyclic) bond motifs is 1. The van der Waals surface area contributed by atoms with Gasteiger partial charge in [0.05, 0.1) is 5.92 Å². The molecule has 0 spiro atoms. The summed E-state index contributed by atoms with van der Waals surface area (Å²) in [5.41, 5.74) is 7.46. The second-order valence-electron chi connectivity index (χ2n) is 5.47. The monoisotopic (exact) mass is 305 g/mol. The first-order valence-corrected chi connectivity index (χ1v) is 7.67. The summed E-state index contributed by atoms with van der Waals surface area (Å²) in [5.74, 6) is -0.274. The number of amides is 1. The molecule has 1 aromatic heterocycles. The predicted octanol–water partition coefficient (Wildman–Crippen LogP) is 3.31. The van der Waals surface area contributed by atoms with Crippen molar-refractivity contribution in [2.75, 3.05) is 11.9 Å². The summed E-state index contributed by atoms with van der Waals surface area (Å²) in [6, 6.07) is 17.5. The Balaban J connectivity index is 1.82. The van der Waals surface area contributed by atoms with E-state index in [0.29, 0.717) is 13.0 Å². The smallest absolute Gasteiger partial charge is 0.231 e. The van der Waals surface area contributed by atoms with Crippen molar-refractivity contribution in [1.29, 1.82) is 0 Å². The highest BCUT2D eigenvalue weighted by Gasteiger charge is 2.19. The van der Waals surface area contributed by atoms with Crippen LogP contribution in [0.2, 0.25) is 0 Å². The lowest BCUT2D eigenvalue weighted by atomic mass is 9.94. The first kappa shape index (κ1) is 15.2. The van der Waals surface area contributed by atoms with Crippen molar-refractivity contribution >= 4 is 22.4 Å². The zero-order valence-electron chi connectivity index (χ0n) is 12.8. The lowest BCUT2D eigenvalue weighted by molar-refractivity contribution is -0.117. The highest BCUT2D eigenvalue weighted by atomic mass is 16.1. The fourth-order valence-electron chi connectivity index (χ4n) is 2.69. The zero-order chi connectivity index (χ0) is 16.1. The fraction of sp³-hybridized carbons (Fsp3) is 0.158. The molecular formula is C19H19N3O. The molecule has 4 heteroatoms. The standard InChI is InChI=1S/C19H19N3O/c20-10-8-18(14-4-2-1-3-5-14)19(23)22-17-7-6-16-13-21-11-9-15(16)12-17/h1-7,9,11-13,18H,8,10,20H2,(H,22,23). The van der Waals surface area contributed by atoms with Crippen molar-refractivity contribution in [3.63, 3.8) is 0 Å². The molecule has 3 N–H and O–H groups in total. The average Bonchev–Trinajstić information content (AvgIpc) is 2.60. The maximum absolute atomic E-state index is 12.7. The molecule has 0 bridgehead atoms. The molecule has 1 heterocycles. The minimum Gasteiger partial charge on any atom is -0.330 e. The summed E-state index contributed by atoms with van der Waals surface area (Å²) >= 11 is 0. The Bertz CT molecular complexity index is 802. The lowest BCUT2D eigenvalue weighted by Gasteiger charge is -2.16. The molecule has 0 radical (unpaired) electrons. The van der Waals surface area contributed by atoms with Gasteiger partial charge in [-0.2, -0.15) is 0 Å². The number of hydrogen-bond donors (Lipinski definition) is 2. The number of pyridine rings is 1. The largest absolute Gasteiger partial charge is 0.330 e. The van der Waals surface area contributed by atoms with Gasteiger partial charge in [0.2, 0.25) is 5.91 Å². The van der Waals surface area contributed by atoms with Crippen molar-refractivity contribution in [2.45, 2.75) is 12.3 Å². The second-order valence-corrected chi connectivity index (χ2v) is 5.47. The first-order valence-electron chi connectivity index (χ1n) is 7.67. The zero-order valence-corrected chi connectivity index (χ0v) is 12.8. The van der Waals surface area contributed by atoms with E-state index in [9.17, 15) is 4.79 Å². The molecule has 23 heavy (non-hydrogen) atoms. The summed E-state index contributed by atoms with van der Waals surface area (Å²) in [4.78, 5) is 16.8. The Kier molecular flexibility index (Phi) is 4.64. The normalized spacial score (nSPS) is 12.0. The van der Waals surface area contributed by atoms with Crippen molar-refractivity contribution in [3.05, 3.63) is 72.6 Å². The van der Waals surface area contributed by atoms with Crippen LogP contribution in [0.25, 0.3) is 10.8 Å². The summed E-state index contributed by atoms with van der Waals surface area (Å²) in [7, 11) is 0. The number of aromatic nitrogens is 1. The molecule has 0 aliphatic heterocycles. The molecule has 1 unspecified atom stereocenters. The third kappa shape index (κ3) is 3.55. The average molecular weight is 305 g/mol. The van der Waals surface area contributed by atoms with E-state index in [0.717, 1.165) is 22.0 Å². The van der Waals surface area contributed by atoms with E-state index in [-0.39, 0.29) is 11.8 Å². The van der Waals surface area contributed by atoms with Gasteiger partial charge in [-0.3, -0.25) is 9.78 Å². The number of nitrogens with two attached hydrogens (primary N) is 1. The van der Waals surface area contributed by atoms with Crippen molar-refractivity contribution in [1.82, 2.24) is 4.98 Å². The van der Waals surface area contributed by atoms with Crippen molar-refractivity contribution in [2.24, 2.45) is 5.73 Å². The highest BCUT2D eigenvalue weighted by molar-refractivity contribution is 5.97. The molecule has 0 aliphatic rings. The van der Waals surface area contributed by atoms with Crippen LogP contribution in [0.15, 0.2) is 67.0 Å². The number of benzene rings is 2. The number of rotatable bonds is 5. The maximum atomic E-state index is 12.7. The van der Waals surface area contributed by atoms with Gasteiger partial charge in [-0.05, 0) is 42.1 Å². The number of anilines is 1. The molecular weight excluding hydrogens is 286 g/mol. The van der Waals surface area contributed by atoms with E-state index in [1.165, 1.54) is 0 Å².